The molecule has 77 heavy (non-hydrogen) atoms. The summed E-state index contributed by atoms with van der Waals surface area (Å²) in [5, 5.41) is 5.89. The van der Waals surface area contributed by atoms with Gasteiger partial charge in [-0.2, -0.15) is 0 Å². The molecule has 5 heterocycles. The summed E-state index contributed by atoms with van der Waals surface area (Å²) in [6.45, 7) is 6.57. The van der Waals surface area contributed by atoms with Gasteiger partial charge in [-0.25, -0.2) is 4.98 Å². The van der Waals surface area contributed by atoms with E-state index in [0.717, 1.165) is 71.5 Å². The van der Waals surface area contributed by atoms with E-state index in [4.69, 9.17) is 22.4 Å². The number of benzene rings is 10. The van der Waals surface area contributed by atoms with Gasteiger partial charge in [-0.05, 0) is 118 Å². The van der Waals surface area contributed by atoms with Crippen LogP contribution in [0, 0.1) is 6.33 Å². The van der Waals surface area contributed by atoms with Crippen molar-refractivity contribution in [2.45, 2.75) is 26.2 Å². The van der Waals surface area contributed by atoms with Gasteiger partial charge in [0.2, 0.25) is 0 Å². The molecule has 0 aliphatic rings. The molecule has 5 aromatic heterocycles. The Morgan fingerprint density at radius 1 is 0.519 bits per heavy atom. The Kier molecular flexibility index (Phi) is 7.92. The fourth-order valence-corrected chi connectivity index (χ4v) is 11.2. The molecule has 0 saturated carbocycles. The second kappa shape index (κ2) is 17.3. The van der Waals surface area contributed by atoms with Crippen molar-refractivity contribution < 1.29 is 27.4 Å². The minimum atomic E-state index is -0.584. The van der Waals surface area contributed by atoms with Crippen molar-refractivity contribution in [2.75, 3.05) is 0 Å². The Morgan fingerprint density at radius 3 is 1.90 bits per heavy atom. The van der Waals surface area contributed by atoms with Gasteiger partial charge in [0.15, 0.2) is 0 Å². The van der Waals surface area contributed by atoms with Crippen molar-refractivity contribution in [2.24, 2.45) is 0 Å². The Balaban J connectivity index is 0.946. The van der Waals surface area contributed by atoms with Gasteiger partial charge < -0.3 is 13.7 Å². The van der Waals surface area contributed by atoms with E-state index < -0.39 is 60.4 Å². The summed E-state index contributed by atoms with van der Waals surface area (Å²) in [6, 6.07) is 52.0. The third kappa shape index (κ3) is 7.19. The van der Waals surface area contributed by atoms with Crippen LogP contribution in [0.2, 0.25) is 0 Å². The van der Waals surface area contributed by atoms with Crippen LogP contribution in [-0.4, -0.2) is 18.7 Å². The lowest BCUT2D eigenvalue weighted by Crippen LogP contribution is -2.31. The Bertz CT molecular complexity index is 5260. The molecule has 0 N–H and O–H groups in total. The number of rotatable bonds is 8. The maximum absolute atomic E-state index is 9.25. The maximum Gasteiger partial charge on any atom is 0.269 e. The molecule has 15 aromatic rings. The van der Waals surface area contributed by atoms with Gasteiger partial charge in [-0.15, -0.1) is 0 Å². The molecule has 0 fully saturated rings. The van der Waals surface area contributed by atoms with E-state index in [0.29, 0.717) is 39.4 Å². The van der Waals surface area contributed by atoms with Crippen LogP contribution in [0.25, 0.3) is 122 Å². The van der Waals surface area contributed by atoms with Crippen LogP contribution in [-0.2, 0) is 5.41 Å². The molecule has 10 aromatic carbocycles. The molecule has 0 radical (unpaired) electrons. The number of ether oxygens (including phenoxy) is 1. The maximum atomic E-state index is 9.25. The highest BCUT2D eigenvalue weighted by molar-refractivity contribution is 6.17. The first-order valence-corrected chi connectivity index (χ1v) is 25.4. The first-order chi connectivity index (χ1) is 42.0. The number of fused-ring (bicyclic) bond motifs is 10. The summed E-state index contributed by atoms with van der Waals surface area (Å²) in [5.41, 5.74) is 8.89. The Labute approximate surface area is 458 Å². The molecule has 7 heteroatoms. The van der Waals surface area contributed by atoms with Crippen LogP contribution in [0.4, 0.5) is 0 Å². The smallest absolute Gasteiger partial charge is 0.269 e. The van der Waals surface area contributed by atoms with Crippen molar-refractivity contribution in [3.63, 3.8) is 0 Å². The van der Waals surface area contributed by atoms with Crippen molar-refractivity contribution in [1.29, 1.82) is 0 Å². The second-order valence-corrected chi connectivity index (χ2v) is 20.2. The number of aromatic nitrogens is 5. The van der Waals surface area contributed by atoms with Crippen LogP contribution in [0.15, 0.2) is 247 Å². The molecule has 7 nitrogen and oxygen atoms in total. The molecule has 0 bridgehead atoms. The van der Waals surface area contributed by atoms with Crippen molar-refractivity contribution in [3.05, 3.63) is 254 Å². The summed E-state index contributed by atoms with van der Waals surface area (Å²) in [7, 11) is 0. The third-order valence-electron chi connectivity index (χ3n) is 14.7. The fourth-order valence-electron chi connectivity index (χ4n) is 11.2. The van der Waals surface area contributed by atoms with E-state index >= 15 is 0 Å². The quantitative estimate of drug-likeness (QED) is 0.113. The van der Waals surface area contributed by atoms with Gasteiger partial charge in [0, 0.05) is 44.6 Å². The highest BCUT2D eigenvalue weighted by atomic mass is 16.5. The molecule has 15 rings (SSSR count). The number of hydrogen-bond donors (Lipinski definition) is 0. The Hall–Kier alpha value is -9.98. The molecule has 0 amide bonds. The Morgan fingerprint density at radius 2 is 1.17 bits per heavy atom. The average molecular weight is 1000 g/mol. The zero-order valence-corrected chi connectivity index (χ0v) is 41.9. The van der Waals surface area contributed by atoms with Gasteiger partial charge in [-0.3, -0.25) is 13.7 Å². The number of pyridine rings is 1. The summed E-state index contributed by atoms with van der Waals surface area (Å²) in [4.78, 5) is 5.03. The van der Waals surface area contributed by atoms with E-state index in [9.17, 15) is 5.48 Å². The fraction of sp³-hybridized carbons (Fsp3) is 0.0571. The second-order valence-electron chi connectivity index (χ2n) is 20.2. The third-order valence-corrected chi connectivity index (χ3v) is 14.7. The number of hydrogen-bond acceptors (Lipinski definition) is 3. The van der Waals surface area contributed by atoms with E-state index in [1.54, 1.807) is 27.3 Å². The summed E-state index contributed by atoms with van der Waals surface area (Å²) in [5.74, 6) is 1.77. The van der Waals surface area contributed by atoms with Gasteiger partial charge in [0.1, 0.15) is 28.5 Å². The minimum Gasteiger partial charge on any atom is -0.458 e. The van der Waals surface area contributed by atoms with Crippen molar-refractivity contribution >= 4 is 76.6 Å². The zero-order valence-electron chi connectivity index (χ0n) is 51.9. The SMILES string of the molecule is [2H]c1c([2H])c([2H])c(-c2cccc(-c3c([2H])c([2H])c([2H])c([2H])c3[2H])c2-[n+]2[c-]n(-c3cccc(Oc4ccc5c6c(-n7c8ccccc8c8ccccc87)cccc6n(-c6cc(C(C)(C)C)ccn6)c5c4)c3)c3cc4oc5ccccc5c4cc32)c([2H])c1[2H]. The molecule has 0 atom stereocenters. The molecule has 366 valence electrons. The molecular weight excluding hydrogens is 943 g/mol. The largest absolute Gasteiger partial charge is 0.458 e. The lowest BCUT2D eigenvalue weighted by molar-refractivity contribution is -0.571. The number of para-hydroxylation sites is 4. The molecule has 0 aliphatic carbocycles. The monoisotopic (exact) mass is 1000 g/mol. The molecular formula is C70H49N5O2. The number of nitrogens with zero attached hydrogens (tertiary/aromatic N) is 5. The van der Waals surface area contributed by atoms with Crippen LogP contribution >= 0.6 is 0 Å². The normalized spacial score (nSPS) is 13.9. The summed E-state index contributed by atoms with van der Waals surface area (Å²) in [6.07, 6.45) is 5.41. The molecule has 0 spiro atoms. The predicted molar refractivity (Wildman–Crippen MR) is 313 cm³/mol. The molecule has 0 saturated heterocycles. The topological polar surface area (TPSA) is 53.9 Å². The first-order valence-electron chi connectivity index (χ1n) is 30.4. The highest BCUT2D eigenvalue weighted by Gasteiger charge is 2.25. The number of furan rings is 1. The average Bonchev–Trinajstić information content (AvgIpc) is 1.65. The van der Waals surface area contributed by atoms with E-state index in [-0.39, 0.29) is 33.4 Å². The standard InChI is InChI=1S/C70H49N5O2/c1-70(2,3)47-37-38-71-67(39-47)75-61-33-18-32-60(74-58-30-13-10-25-53(58)54-26-11-14-31-59(54)74)68(61)56-36-35-50(41-62(56)75)76-49-24-16-23-48(40-49)72-44-73(63-42-57-55-27-12-15-34-65(55)77-66(57)43-64(63)72)69-51(45-19-6-4-7-20-45)28-17-29-52(69)46-21-8-5-9-22-46/h4-43H,1-3H3/i4D,5D,6D,7D,8D,9D,19D,20D,21D,22D. The number of imidazole rings is 1. The van der Waals surface area contributed by atoms with Gasteiger partial charge in [0.05, 0.1) is 63.9 Å². The molecule has 0 unspecified atom stereocenters. The van der Waals surface area contributed by atoms with E-state index in [1.807, 2.05) is 79.0 Å². The van der Waals surface area contributed by atoms with Crippen LogP contribution < -0.4 is 9.30 Å². The van der Waals surface area contributed by atoms with Gasteiger partial charge in [-0.1, -0.05) is 166 Å². The van der Waals surface area contributed by atoms with Crippen LogP contribution in [0.1, 0.15) is 40.0 Å². The van der Waals surface area contributed by atoms with Crippen molar-refractivity contribution in [3.8, 4) is 56.6 Å². The van der Waals surface area contributed by atoms with E-state index in [2.05, 4.69) is 121 Å². The first kappa shape index (κ1) is 35.3. The van der Waals surface area contributed by atoms with Crippen LogP contribution in [0.5, 0.6) is 11.5 Å². The summed E-state index contributed by atoms with van der Waals surface area (Å²) >= 11 is 0. The van der Waals surface area contributed by atoms with Crippen molar-refractivity contribution in [1.82, 2.24) is 18.7 Å². The predicted octanol–water partition coefficient (Wildman–Crippen LogP) is 17.6. The van der Waals surface area contributed by atoms with Crippen LogP contribution in [0.3, 0.4) is 0 Å². The highest BCUT2D eigenvalue weighted by Crippen LogP contribution is 2.43. The lowest BCUT2D eigenvalue weighted by atomic mass is 9.88. The molecule has 0 aliphatic heterocycles. The lowest BCUT2D eigenvalue weighted by Gasteiger charge is -2.20. The van der Waals surface area contributed by atoms with E-state index in [1.165, 1.54) is 0 Å². The van der Waals surface area contributed by atoms with Gasteiger partial charge >= 0.3 is 0 Å². The zero-order chi connectivity index (χ0) is 60.1. The minimum absolute atomic E-state index is 0.126. The summed E-state index contributed by atoms with van der Waals surface area (Å²) < 4.78 is 111. The van der Waals surface area contributed by atoms with Gasteiger partial charge in [0.25, 0.3) is 6.33 Å².